The summed E-state index contributed by atoms with van der Waals surface area (Å²) < 4.78 is 1.52. The van der Waals surface area contributed by atoms with Gasteiger partial charge in [-0.3, -0.25) is 9.78 Å². The van der Waals surface area contributed by atoms with Crippen molar-refractivity contribution in [1.29, 1.82) is 0 Å². The van der Waals surface area contributed by atoms with Gasteiger partial charge < -0.3 is 4.98 Å². The van der Waals surface area contributed by atoms with Gasteiger partial charge in [0.25, 0.3) is 5.56 Å². The molecule has 2 aromatic rings. The van der Waals surface area contributed by atoms with Crippen LogP contribution in [0.15, 0.2) is 27.7 Å². The van der Waals surface area contributed by atoms with E-state index in [1.165, 1.54) is 0 Å². The molecule has 1 N–H and O–H groups in total. The Balaban J connectivity index is 2.53. The molecule has 6 heteroatoms. The molecule has 0 aliphatic heterocycles. The Morgan fingerprint density at radius 2 is 2.16 bits per heavy atom. The first-order valence-corrected chi connectivity index (χ1v) is 7.74. The molecule has 0 saturated heterocycles. The molecule has 0 bridgehead atoms. The van der Waals surface area contributed by atoms with Gasteiger partial charge in [-0.05, 0) is 56.9 Å². The van der Waals surface area contributed by atoms with Crippen LogP contribution in [-0.4, -0.2) is 15.0 Å². The lowest BCUT2D eigenvalue weighted by atomic mass is 10.1. The summed E-state index contributed by atoms with van der Waals surface area (Å²) in [5.41, 5.74) is 1.54. The molecule has 19 heavy (non-hydrogen) atoms. The summed E-state index contributed by atoms with van der Waals surface area (Å²) in [4.78, 5) is 23.4. The number of rotatable bonds is 3. The first-order valence-electron chi connectivity index (χ1n) is 5.87. The Bertz CT molecular complexity index is 655. The van der Waals surface area contributed by atoms with Gasteiger partial charge in [-0.2, -0.15) is 0 Å². The van der Waals surface area contributed by atoms with E-state index in [0.717, 1.165) is 22.2 Å². The fraction of sp³-hybridized carbons (Fsp3) is 0.308. The highest BCUT2D eigenvalue weighted by Gasteiger charge is 2.12. The van der Waals surface area contributed by atoms with Crippen molar-refractivity contribution in [3.05, 3.63) is 42.6 Å². The molecule has 0 radical (unpaired) electrons. The Kier molecular flexibility index (Phi) is 4.72. The largest absolute Gasteiger partial charge is 0.306 e. The molecular formula is C13H13BrIN3O. The molecule has 2 heterocycles. The van der Waals surface area contributed by atoms with Crippen LogP contribution in [0.4, 0.5) is 0 Å². The summed E-state index contributed by atoms with van der Waals surface area (Å²) in [5.74, 6) is 1.02. The third-order valence-electron chi connectivity index (χ3n) is 2.51. The van der Waals surface area contributed by atoms with Crippen LogP contribution in [0.3, 0.4) is 0 Å². The molecule has 4 nitrogen and oxygen atoms in total. The molecule has 0 atom stereocenters. The van der Waals surface area contributed by atoms with Gasteiger partial charge in [-0.25, -0.2) is 4.98 Å². The molecule has 0 aromatic carbocycles. The van der Waals surface area contributed by atoms with Crippen LogP contribution in [-0.2, 0) is 6.42 Å². The van der Waals surface area contributed by atoms with Crippen molar-refractivity contribution in [3.63, 3.8) is 0 Å². The second kappa shape index (κ2) is 6.13. The normalized spacial score (nSPS) is 11.0. The maximum atomic E-state index is 12.0. The van der Waals surface area contributed by atoms with Crippen molar-refractivity contribution in [2.75, 3.05) is 0 Å². The Hall–Kier alpha value is -0.760. The maximum Gasteiger partial charge on any atom is 0.264 e. The van der Waals surface area contributed by atoms with Gasteiger partial charge in [0.2, 0.25) is 0 Å². The predicted molar refractivity (Wildman–Crippen MR) is 87.0 cm³/mol. The van der Waals surface area contributed by atoms with Gasteiger partial charge in [-0.1, -0.05) is 13.8 Å². The van der Waals surface area contributed by atoms with Crippen LogP contribution in [0.1, 0.15) is 19.5 Å². The maximum absolute atomic E-state index is 12.0. The Morgan fingerprint density at radius 1 is 1.42 bits per heavy atom. The van der Waals surface area contributed by atoms with Gasteiger partial charge in [-0.15, -0.1) is 0 Å². The van der Waals surface area contributed by atoms with E-state index >= 15 is 0 Å². The third kappa shape index (κ3) is 3.62. The van der Waals surface area contributed by atoms with Crippen LogP contribution in [0.5, 0.6) is 0 Å². The van der Waals surface area contributed by atoms with Crippen molar-refractivity contribution in [1.82, 2.24) is 15.0 Å². The Morgan fingerprint density at radius 3 is 2.79 bits per heavy atom. The number of aromatic amines is 1. The standard InChI is InChI=1S/C13H13BrIN3O/c1-7(2)3-10-11(15)13(19)18-12(17-10)8-4-9(14)6-16-5-8/h4-7H,3H2,1-2H3,(H,17,18,19). The van der Waals surface area contributed by atoms with Gasteiger partial charge in [0.05, 0.1) is 9.26 Å². The molecular weight excluding hydrogens is 421 g/mol. The second-order valence-corrected chi connectivity index (χ2v) is 6.66. The molecule has 0 saturated carbocycles. The average Bonchev–Trinajstić information content (AvgIpc) is 2.34. The van der Waals surface area contributed by atoms with Crippen molar-refractivity contribution >= 4 is 38.5 Å². The van der Waals surface area contributed by atoms with E-state index in [9.17, 15) is 4.79 Å². The Labute approximate surface area is 133 Å². The van der Waals surface area contributed by atoms with E-state index in [2.05, 4.69) is 44.7 Å². The van der Waals surface area contributed by atoms with Crippen molar-refractivity contribution in [2.24, 2.45) is 5.92 Å². The number of H-pyrrole nitrogens is 1. The fourth-order valence-electron chi connectivity index (χ4n) is 1.71. The first-order chi connectivity index (χ1) is 8.97. The number of halogens is 2. The van der Waals surface area contributed by atoms with E-state index in [0.29, 0.717) is 15.3 Å². The van der Waals surface area contributed by atoms with E-state index in [-0.39, 0.29) is 5.56 Å². The topological polar surface area (TPSA) is 58.6 Å². The van der Waals surface area contributed by atoms with Crippen LogP contribution >= 0.6 is 38.5 Å². The van der Waals surface area contributed by atoms with Crippen LogP contribution in [0.25, 0.3) is 11.4 Å². The molecule has 0 fully saturated rings. The lowest BCUT2D eigenvalue weighted by Crippen LogP contribution is -2.17. The lowest BCUT2D eigenvalue weighted by molar-refractivity contribution is 0.631. The lowest BCUT2D eigenvalue weighted by Gasteiger charge is -2.08. The quantitative estimate of drug-likeness (QED) is 0.754. The SMILES string of the molecule is CC(C)Cc1nc(-c2cncc(Br)c2)[nH]c(=O)c1I. The van der Waals surface area contributed by atoms with E-state index < -0.39 is 0 Å². The van der Waals surface area contributed by atoms with Gasteiger partial charge in [0.15, 0.2) is 0 Å². The average molecular weight is 434 g/mol. The molecule has 0 aliphatic carbocycles. The molecule has 100 valence electrons. The second-order valence-electron chi connectivity index (χ2n) is 4.67. The minimum atomic E-state index is -0.0961. The predicted octanol–water partition coefficient (Wildman–Crippen LogP) is 3.40. The van der Waals surface area contributed by atoms with Crippen LogP contribution in [0, 0.1) is 9.49 Å². The minimum absolute atomic E-state index is 0.0961. The van der Waals surface area contributed by atoms with E-state index in [1.807, 2.05) is 28.7 Å². The molecule has 0 spiro atoms. The zero-order valence-electron chi connectivity index (χ0n) is 10.6. The highest BCUT2D eigenvalue weighted by Crippen LogP contribution is 2.19. The summed E-state index contributed by atoms with van der Waals surface area (Å²) in [6.07, 6.45) is 4.18. The first kappa shape index (κ1) is 14.6. The summed E-state index contributed by atoms with van der Waals surface area (Å²) in [6.45, 7) is 4.22. The zero-order chi connectivity index (χ0) is 14.0. The summed E-state index contributed by atoms with van der Waals surface area (Å²) >= 11 is 5.42. The smallest absolute Gasteiger partial charge is 0.264 e. The van der Waals surface area contributed by atoms with E-state index in [4.69, 9.17) is 0 Å². The van der Waals surface area contributed by atoms with Gasteiger partial charge in [0, 0.05) is 22.4 Å². The van der Waals surface area contributed by atoms with Gasteiger partial charge in [0.1, 0.15) is 5.82 Å². The number of pyridine rings is 1. The molecule has 0 aliphatic rings. The minimum Gasteiger partial charge on any atom is -0.306 e. The molecule has 2 aromatic heterocycles. The van der Waals surface area contributed by atoms with Crippen molar-refractivity contribution in [3.8, 4) is 11.4 Å². The van der Waals surface area contributed by atoms with Crippen molar-refractivity contribution in [2.45, 2.75) is 20.3 Å². The fourth-order valence-corrected chi connectivity index (χ4v) is 2.55. The van der Waals surface area contributed by atoms with Crippen LogP contribution < -0.4 is 5.56 Å². The van der Waals surface area contributed by atoms with Crippen LogP contribution in [0.2, 0.25) is 0 Å². The highest BCUT2D eigenvalue weighted by atomic mass is 127. The molecule has 0 unspecified atom stereocenters. The summed E-state index contributed by atoms with van der Waals surface area (Å²) in [7, 11) is 0. The number of hydrogen-bond donors (Lipinski definition) is 1. The highest BCUT2D eigenvalue weighted by molar-refractivity contribution is 14.1. The third-order valence-corrected chi connectivity index (χ3v) is 4.06. The molecule has 0 amide bonds. The number of nitrogens with one attached hydrogen (secondary N) is 1. The van der Waals surface area contributed by atoms with E-state index in [1.54, 1.807) is 12.4 Å². The molecule has 2 rings (SSSR count). The summed E-state index contributed by atoms with van der Waals surface area (Å²) in [5, 5.41) is 0. The van der Waals surface area contributed by atoms with Crippen molar-refractivity contribution < 1.29 is 0 Å². The monoisotopic (exact) mass is 433 g/mol. The number of aromatic nitrogens is 3. The number of nitrogens with zero attached hydrogens (tertiary/aromatic N) is 2. The zero-order valence-corrected chi connectivity index (χ0v) is 14.3. The van der Waals surface area contributed by atoms with Gasteiger partial charge >= 0.3 is 0 Å². The number of hydrogen-bond acceptors (Lipinski definition) is 3. The summed E-state index contributed by atoms with van der Waals surface area (Å²) in [6, 6.07) is 1.89.